The lowest BCUT2D eigenvalue weighted by Gasteiger charge is -2.32. The predicted molar refractivity (Wildman–Crippen MR) is 141 cm³/mol. The first-order valence-corrected chi connectivity index (χ1v) is 12.8. The molecule has 3 aromatic rings. The van der Waals surface area contributed by atoms with Crippen LogP contribution in [-0.2, 0) is 22.6 Å². The lowest BCUT2D eigenvalue weighted by molar-refractivity contribution is -0.139. The zero-order valence-corrected chi connectivity index (χ0v) is 21.1. The smallest absolute Gasteiger partial charge is 0.243 e. The summed E-state index contributed by atoms with van der Waals surface area (Å²) in [6.45, 7) is 6.47. The van der Waals surface area contributed by atoms with E-state index in [-0.39, 0.29) is 23.6 Å². The molecule has 0 bridgehead atoms. The van der Waals surface area contributed by atoms with Crippen molar-refractivity contribution in [3.8, 4) is 0 Å². The summed E-state index contributed by atoms with van der Waals surface area (Å²) < 4.78 is 0. The summed E-state index contributed by atoms with van der Waals surface area (Å²) in [4.78, 5) is 29.9. The van der Waals surface area contributed by atoms with E-state index < -0.39 is 6.04 Å². The fourth-order valence-corrected chi connectivity index (χ4v) is 4.44. The zero-order valence-electron chi connectivity index (χ0n) is 20.2. The van der Waals surface area contributed by atoms with E-state index in [1.807, 2.05) is 106 Å². The van der Waals surface area contributed by atoms with Crippen LogP contribution < -0.4 is 5.32 Å². The van der Waals surface area contributed by atoms with Crippen LogP contribution in [0.4, 0.5) is 0 Å². The topological polar surface area (TPSA) is 49.4 Å². The molecule has 2 atom stereocenters. The van der Waals surface area contributed by atoms with Gasteiger partial charge >= 0.3 is 0 Å². The second-order valence-corrected chi connectivity index (χ2v) is 9.68. The van der Waals surface area contributed by atoms with E-state index in [1.165, 1.54) is 11.8 Å². The van der Waals surface area contributed by atoms with Gasteiger partial charge in [0.1, 0.15) is 6.04 Å². The van der Waals surface area contributed by atoms with Crippen molar-refractivity contribution in [3.05, 3.63) is 102 Å². The number of thioether (sulfide) groups is 1. The van der Waals surface area contributed by atoms with Crippen LogP contribution in [-0.4, -0.2) is 34.6 Å². The molecule has 1 N–H and O–H groups in total. The molecule has 34 heavy (non-hydrogen) atoms. The fraction of sp³-hybridized carbons (Fsp3) is 0.310. The number of carbonyl (C=O) groups excluding carboxylic acids is 2. The molecule has 0 aliphatic rings. The first-order valence-electron chi connectivity index (χ1n) is 11.8. The Kier molecular flexibility index (Phi) is 9.77. The Bertz CT molecular complexity index is 1040. The molecule has 178 valence electrons. The quantitative estimate of drug-likeness (QED) is 0.366. The highest BCUT2D eigenvalue weighted by Crippen LogP contribution is 2.21. The molecule has 3 aromatic carbocycles. The number of carbonyl (C=O) groups is 2. The minimum Gasteiger partial charge on any atom is -0.352 e. The highest BCUT2D eigenvalue weighted by atomic mass is 32.2. The third-order valence-electron chi connectivity index (χ3n) is 5.85. The maximum absolute atomic E-state index is 13.6. The first kappa shape index (κ1) is 25.6. The van der Waals surface area contributed by atoms with E-state index in [9.17, 15) is 9.59 Å². The first-order chi connectivity index (χ1) is 16.5. The number of rotatable bonds is 11. The molecule has 0 spiro atoms. The number of amides is 2. The van der Waals surface area contributed by atoms with Crippen LogP contribution in [0.5, 0.6) is 0 Å². The number of nitrogens with zero attached hydrogens (tertiary/aromatic N) is 1. The van der Waals surface area contributed by atoms with Crippen molar-refractivity contribution >= 4 is 23.6 Å². The largest absolute Gasteiger partial charge is 0.352 e. The van der Waals surface area contributed by atoms with E-state index in [0.717, 1.165) is 28.0 Å². The van der Waals surface area contributed by atoms with Crippen LogP contribution in [0.15, 0.2) is 89.8 Å². The van der Waals surface area contributed by atoms with Crippen LogP contribution in [0.3, 0.4) is 0 Å². The van der Waals surface area contributed by atoms with Crippen molar-refractivity contribution in [1.29, 1.82) is 0 Å². The molecule has 0 aliphatic heterocycles. The zero-order chi connectivity index (χ0) is 24.3. The molecule has 4 nitrogen and oxygen atoms in total. The van der Waals surface area contributed by atoms with E-state index in [0.29, 0.717) is 13.0 Å². The second kappa shape index (κ2) is 13.0. The summed E-state index contributed by atoms with van der Waals surface area (Å²) in [5, 5.41) is 3.11. The van der Waals surface area contributed by atoms with Crippen LogP contribution in [0.1, 0.15) is 37.0 Å². The average molecular weight is 475 g/mol. The Labute approximate surface area is 207 Å². The Hall–Kier alpha value is -3.05. The molecule has 0 aromatic heterocycles. The van der Waals surface area contributed by atoms with Crippen molar-refractivity contribution < 1.29 is 9.59 Å². The molecule has 0 saturated heterocycles. The molecular weight excluding hydrogens is 440 g/mol. The summed E-state index contributed by atoms with van der Waals surface area (Å²) in [6, 6.07) is 27.4. The van der Waals surface area contributed by atoms with Crippen molar-refractivity contribution in [2.45, 2.75) is 57.1 Å². The van der Waals surface area contributed by atoms with Gasteiger partial charge in [-0.2, -0.15) is 0 Å². The summed E-state index contributed by atoms with van der Waals surface area (Å²) in [6.07, 6.45) is 1.30. The lowest BCUT2D eigenvalue weighted by Crippen LogP contribution is -2.52. The minimum absolute atomic E-state index is 0.0424. The van der Waals surface area contributed by atoms with Crippen molar-refractivity contribution in [2.75, 3.05) is 5.75 Å². The molecular formula is C29H34N2O2S. The van der Waals surface area contributed by atoms with Gasteiger partial charge < -0.3 is 10.2 Å². The van der Waals surface area contributed by atoms with Crippen LogP contribution >= 0.6 is 11.8 Å². The van der Waals surface area contributed by atoms with Gasteiger partial charge in [-0.1, -0.05) is 85.3 Å². The molecule has 0 aliphatic carbocycles. The molecule has 3 rings (SSSR count). The highest BCUT2D eigenvalue weighted by molar-refractivity contribution is 8.00. The summed E-state index contributed by atoms with van der Waals surface area (Å²) >= 11 is 1.50. The van der Waals surface area contributed by atoms with Crippen molar-refractivity contribution in [1.82, 2.24) is 10.2 Å². The molecule has 0 fully saturated rings. The van der Waals surface area contributed by atoms with Crippen LogP contribution in [0, 0.1) is 6.92 Å². The maximum Gasteiger partial charge on any atom is 0.243 e. The van der Waals surface area contributed by atoms with Gasteiger partial charge in [0.2, 0.25) is 11.8 Å². The average Bonchev–Trinajstić information content (AvgIpc) is 2.87. The van der Waals surface area contributed by atoms with Gasteiger partial charge in [0.05, 0.1) is 5.75 Å². The third-order valence-corrected chi connectivity index (χ3v) is 6.85. The van der Waals surface area contributed by atoms with Gasteiger partial charge in [0.25, 0.3) is 0 Å². The maximum atomic E-state index is 13.6. The molecule has 5 heteroatoms. The number of benzene rings is 3. The monoisotopic (exact) mass is 474 g/mol. The second-order valence-electron chi connectivity index (χ2n) is 8.63. The minimum atomic E-state index is -0.596. The van der Waals surface area contributed by atoms with Gasteiger partial charge in [-0.15, -0.1) is 11.8 Å². The van der Waals surface area contributed by atoms with Crippen molar-refractivity contribution in [3.63, 3.8) is 0 Å². The molecule has 0 unspecified atom stereocenters. The highest BCUT2D eigenvalue weighted by Gasteiger charge is 2.30. The number of hydrogen-bond acceptors (Lipinski definition) is 3. The fourth-order valence-electron chi connectivity index (χ4n) is 3.63. The number of nitrogens with one attached hydrogen (secondary N) is 1. The standard InChI is InChI=1S/C29H34N2O2S/c1-4-23(3)30-29(33)27(19-24-11-7-5-8-12-24)31(20-25-17-15-22(2)16-18-25)28(32)21-34-26-13-9-6-10-14-26/h5-18,23,27H,4,19-21H2,1-3H3,(H,30,33)/t23-,27+/m1/s1. The van der Waals surface area contributed by atoms with E-state index in [1.54, 1.807) is 4.90 Å². The van der Waals surface area contributed by atoms with Gasteiger partial charge in [-0.05, 0) is 43.5 Å². The summed E-state index contributed by atoms with van der Waals surface area (Å²) in [5.74, 6) is 0.121. The van der Waals surface area contributed by atoms with Crippen molar-refractivity contribution in [2.24, 2.45) is 0 Å². The van der Waals surface area contributed by atoms with E-state index in [2.05, 4.69) is 5.32 Å². The molecule has 0 radical (unpaired) electrons. The SMILES string of the molecule is CC[C@@H](C)NC(=O)[C@H](Cc1ccccc1)N(Cc1ccc(C)cc1)C(=O)CSc1ccccc1. The lowest BCUT2D eigenvalue weighted by atomic mass is 10.0. The number of hydrogen-bond donors (Lipinski definition) is 1. The molecule has 2 amide bonds. The summed E-state index contributed by atoms with van der Waals surface area (Å²) in [5.41, 5.74) is 3.21. The van der Waals surface area contributed by atoms with Crippen LogP contribution in [0.2, 0.25) is 0 Å². The van der Waals surface area contributed by atoms with Gasteiger partial charge in [0.15, 0.2) is 0 Å². The number of aryl methyl sites for hydroxylation is 1. The van der Waals surface area contributed by atoms with Gasteiger partial charge in [0, 0.05) is 23.9 Å². The van der Waals surface area contributed by atoms with Gasteiger partial charge in [-0.3, -0.25) is 9.59 Å². The van der Waals surface area contributed by atoms with Gasteiger partial charge in [-0.25, -0.2) is 0 Å². The third kappa shape index (κ3) is 7.77. The van der Waals surface area contributed by atoms with E-state index in [4.69, 9.17) is 0 Å². The Balaban J connectivity index is 1.90. The normalized spacial score (nSPS) is 12.6. The Morgan fingerprint density at radius 3 is 2.12 bits per heavy atom. The predicted octanol–water partition coefficient (Wildman–Crippen LogP) is 5.64. The molecule has 0 saturated carbocycles. The Morgan fingerprint density at radius 2 is 1.50 bits per heavy atom. The van der Waals surface area contributed by atoms with Crippen LogP contribution in [0.25, 0.3) is 0 Å². The van der Waals surface area contributed by atoms with E-state index >= 15 is 0 Å². The Morgan fingerprint density at radius 1 is 0.882 bits per heavy atom. The molecule has 0 heterocycles. The summed E-state index contributed by atoms with van der Waals surface area (Å²) in [7, 11) is 0.